The second kappa shape index (κ2) is 6.84. The van der Waals surface area contributed by atoms with Gasteiger partial charge in [-0.15, -0.1) is 0 Å². The molecule has 1 aliphatic rings. The summed E-state index contributed by atoms with van der Waals surface area (Å²) in [5.41, 5.74) is 14.8. The molecule has 24 heavy (non-hydrogen) atoms. The molecule has 132 valence electrons. The van der Waals surface area contributed by atoms with E-state index in [0.717, 1.165) is 30.4 Å². The average Bonchev–Trinajstić information content (AvgIpc) is 2.45. The number of hydrogen-bond acceptors (Lipinski definition) is 5. The third-order valence-corrected chi connectivity index (χ3v) is 5.41. The highest BCUT2D eigenvalue weighted by Crippen LogP contribution is 2.39. The van der Waals surface area contributed by atoms with Crippen LogP contribution in [0.4, 0.5) is 10.5 Å². The van der Waals surface area contributed by atoms with Gasteiger partial charge in [0.25, 0.3) is 0 Å². The first kappa shape index (κ1) is 18.3. The van der Waals surface area contributed by atoms with Crippen LogP contribution in [-0.2, 0) is 20.7 Å². The predicted octanol–water partition coefficient (Wildman–Crippen LogP) is 2.83. The summed E-state index contributed by atoms with van der Waals surface area (Å²) < 4.78 is 27.3. The van der Waals surface area contributed by atoms with Crippen LogP contribution in [0.15, 0.2) is 24.3 Å². The van der Waals surface area contributed by atoms with E-state index in [4.69, 9.17) is 11.5 Å². The molecule has 0 aliphatic heterocycles. The van der Waals surface area contributed by atoms with Gasteiger partial charge in [-0.3, -0.25) is 0 Å². The molecule has 7 heteroatoms. The van der Waals surface area contributed by atoms with E-state index < -0.39 is 16.2 Å². The van der Waals surface area contributed by atoms with Crippen LogP contribution in [0.1, 0.15) is 44.2 Å². The maximum Gasteiger partial charge on any atom is 0.420 e. The number of carbonyl (C=O) groups is 1. The minimum atomic E-state index is -3.96. The zero-order chi connectivity index (χ0) is 18.0. The van der Waals surface area contributed by atoms with Crippen LogP contribution in [0.25, 0.3) is 5.57 Å². The number of hydrogen-bond donors (Lipinski definition) is 2. The highest BCUT2D eigenvalue weighted by molar-refractivity contribution is 7.87. The predicted molar refractivity (Wildman–Crippen MR) is 94.6 cm³/mol. The fraction of sp³-hybridized carbons (Fsp3) is 0.471. The first-order valence-corrected chi connectivity index (χ1v) is 9.45. The van der Waals surface area contributed by atoms with Crippen LogP contribution in [0.2, 0.25) is 0 Å². The molecule has 1 aromatic rings. The summed E-state index contributed by atoms with van der Waals surface area (Å²) in [6, 6.07) is 5.48. The molecular weight excluding hydrogens is 328 g/mol. The maximum atomic E-state index is 11.6. The van der Waals surface area contributed by atoms with E-state index in [2.05, 4.69) is 24.1 Å². The van der Waals surface area contributed by atoms with Crippen molar-refractivity contribution in [1.29, 1.82) is 0 Å². The van der Waals surface area contributed by atoms with Gasteiger partial charge in [0, 0.05) is 11.3 Å². The van der Waals surface area contributed by atoms with Crippen molar-refractivity contribution in [3.63, 3.8) is 0 Å². The number of primary amides is 1. The highest BCUT2D eigenvalue weighted by Gasteiger charge is 2.23. The Hall–Kier alpha value is -2.02. The molecule has 0 aromatic heterocycles. The number of carbonyl (C=O) groups excluding carboxylic acids is 1. The molecule has 0 unspecified atom stereocenters. The molecule has 0 saturated carbocycles. The van der Waals surface area contributed by atoms with E-state index in [1.54, 1.807) is 12.1 Å². The van der Waals surface area contributed by atoms with Crippen LogP contribution >= 0.6 is 0 Å². The van der Waals surface area contributed by atoms with Crippen molar-refractivity contribution in [3.8, 4) is 0 Å². The van der Waals surface area contributed by atoms with E-state index in [1.165, 1.54) is 5.57 Å². The number of anilines is 1. The maximum absolute atomic E-state index is 11.6. The van der Waals surface area contributed by atoms with Gasteiger partial charge >= 0.3 is 16.2 Å². The molecule has 0 saturated heterocycles. The van der Waals surface area contributed by atoms with E-state index in [9.17, 15) is 13.2 Å². The highest BCUT2D eigenvalue weighted by atomic mass is 32.2. The Morgan fingerprint density at radius 1 is 1.33 bits per heavy atom. The second-order valence-electron chi connectivity index (χ2n) is 6.93. The standard InChI is InChI=1S/C17H24N2O4S/c1-17(2)8-5-13(6-9-17)14-11-12(3-4-15(14)18)7-10-24(21,22)23-16(19)20/h3-5,11H,6-10,18H2,1-2H3,(H2,19,20). The lowest BCUT2D eigenvalue weighted by Gasteiger charge is -2.29. The SMILES string of the molecule is CC1(C)CC=C(c2cc(CCS(=O)(=O)OC(N)=O)ccc2N)CC1. The van der Waals surface area contributed by atoms with E-state index in [-0.39, 0.29) is 12.2 Å². The van der Waals surface area contributed by atoms with Crippen LogP contribution in [0, 0.1) is 5.41 Å². The van der Waals surface area contributed by atoms with Crippen LogP contribution in [-0.4, -0.2) is 20.3 Å². The molecule has 0 spiro atoms. The van der Waals surface area contributed by atoms with Crippen LogP contribution in [0.5, 0.6) is 0 Å². The van der Waals surface area contributed by atoms with Gasteiger partial charge in [-0.2, -0.15) is 8.42 Å². The van der Waals surface area contributed by atoms with Crippen molar-refractivity contribution in [3.05, 3.63) is 35.4 Å². The average molecular weight is 352 g/mol. The Labute approximate surface area is 143 Å². The monoisotopic (exact) mass is 352 g/mol. The molecule has 0 heterocycles. The van der Waals surface area contributed by atoms with Crippen LogP contribution < -0.4 is 11.5 Å². The lowest BCUT2D eigenvalue weighted by atomic mass is 9.76. The minimum absolute atomic E-state index is 0.224. The molecule has 1 amide bonds. The van der Waals surface area contributed by atoms with Gasteiger partial charge in [-0.05, 0) is 54.4 Å². The lowest BCUT2D eigenvalue weighted by molar-refractivity contribution is 0.213. The third kappa shape index (κ3) is 4.99. The van der Waals surface area contributed by atoms with Gasteiger partial charge in [0.15, 0.2) is 0 Å². The first-order chi connectivity index (χ1) is 11.1. The summed E-state index contributed by atoms with van der Waals surface area (Å²) >= 11 is 0. The Morgan fingerprint density at radius 3 is 2.62 bits per heavy atom. The number of aryl methyl sites for hydroxylation is 1. The quantitative estimate of drug-likeness (QED) is 0.625. The van der Waals surface area contributed by atoms with Gasteiger partial charge in [-0.25, -0.2) is 4.79 Å². The Balaban J connectivity index is 2.15. The Kier molecular flexibility index (Phi) is 5.22. The molecule has 2 rings (SSSR count). The minimum Gasteiger partial charge on any atom is -0.398 e. The van der Waals surface area contributed by atoms with E-state index >= 15 is 0 Å². The van der Waals surface area contributed by atoms with Crippen molar-refractivity contribution >= 4 is 27.5 Å². The molecular formula is C17H24N2O4S. The van der Waals surface area contributed by atoms with Gasteiger partial charge in [0.2, 0.25) is 0 Å². The van der Waals surface area contributed by atoms with Crippen molar-refractivity contribution in [2.45, 2.75) is 39.5 Å². The van der Waals surface area contributed by atoms with Gasteiger partial charge in [0.05, 0.1) is 5.75 Å². The Bertz CT molecular complexity index is 767. The van der Waals surface area contributed by atoms with Crippen molar-refractivity contribution in [2.24, 2.45) is 11.1 Å². The molecule has 0 bridgehead atoms. The topological polar surface area (TPSA) is 112 Å². The number of allylic oxidation sites excluding steroid dienone is 2. The Morgan fingerprint density at radius 2 is 2.04 bits per heavy atom. The number of amides is 1. The normalized spacial score (nSPS) is 17.2. The fourth-order valence-corrected chi connectivity index (χ4v) is 3.59. The number of nitrogen functional groups attached to an aromatic ring is 1. The molecule has 0 atom stereocenters. The summed E-state index contributed by atoms with van der Waals surface area (Å²) in [5, 5.41) is 0. The van der Waals surface area contributed by atoms with Crippen molar-refractivity contribution in [1.82, 2.24) is 0 Å². The lowest BCUT2D eigenvalue weighted by Crippen LogP contribution is -2.21. The summed E-state index contributed by atoms with van der Waals surface area (Å²) in [4.78, 5) is 10.6. The fourth-order valence-electron chi connectivity index (χ4n) is 2.77. The second-order valence-corrected chi connectivity index (χ2v) is 8.62. The number of benzene rings is 1. The third-order valence-electron chi connectivity index (χ3n) is 4.29. The zero-order valence-corrected chi connectivity index (χ0v) is 14.9. The van der Waals surface area contributed by atoms with Crippen LogP contribution in [0.3, 0.4) is 0 Å². The molecule has 6 nitrogen and oxygen atoms in total. The molecule has 1 aliphatic carbocycles. The largest absolute Gasteiger partial charge is 0.420 e. The zero-order valence-electron chi connectivity index (χ0n) is 14.0. The summed E-state index contributed by atoms with van der Waals surface area (Å²) in [6.07, 6.45) is 4.15. The van der Waals surface area contributed by atoms with E-state index in [1.807, 2.05) is 6.07 Å². The smallest absolute Gasteiger partial charge is 0.398 e. The molecule has 4 N–H and O–H groups in total. The number of rotatable bonds is 5. The molecule has 0 radical (unpaired) electrons. The van der Waals surface area contributed by atoms with E-state index in [0.29, 0.717) is 11.1 Å². The molecule has 1 aromatic carbocycles. The molecule has 0 fully saturated rings. The van der Waals surface area contributed by atoms with Gasteiger partial charge in [0.1, 0.15) is 0 Å². The van der Waals surface area contributed by atoms with Gasteiger partial charge < -0.3 is 15.7 Å². The van der Waals surface area contributed by atoms with Crippen molar-refractivity contribution in [2.75, 3.05) is 11.5 Å². The van der Waals surface area contributed by atoms with Crippen molar-refractivity contribution < 1.29 is 17.4 Å². The first-order valence-electron chi connectivity index (χ1n) is 7.87. The summed E-state index contributed by atoms with van der Waals surface area (Å²) in [7, 11) is -3.96. The number of nitrogens with two attached hydrogens (primary N) is 2. The summed E-state index contributed by atoms with van der Waals surface area (Å²) in [5.74, 6) is -0.314. The summed E-state index contributed by atoms with van der Waals surface area (Å²) in [6.45, 7) is 4.48. The van der Waals surface area contributed by atoms with Gasteiger partial charge in [-0.1, -0.05) is 26.0 Å².